The highest BCUT2D eigenvalue weighted by atomic mass is 32.2. The average molecular weight is 396 g/mol. The number of hydrogen-bond donors (Lipinski definition) is 1. The first-order chi connectivity index (χ1) is 12.9. The van der Waals surface area contributed by atoms with Crippen LogP contribution in [0.15, 0.2) is 24.3 Å². The lowest BCUT2D eigenvalue weighted by atomic mass is 10.0. The van der Waals surface area contributed by atoms with Crippen LogP contribution in [0.3, 0.4) is 0 Å². The molecule has 0 spiro atoms. The van der Waals surface area contributed by atoms with Crippen molar-refractivity contribution in [1.82, 2.24) is 5.32 Å². The van der Waals surface area contributed by atoms with E-state index in [1.54, 1.807) is 0 Å². The van der Waals surface area contributed by atoms with Crippen molar-refractivity contribution in [2.24, 2.45) is 5.92 Å². The number of rotatable bonds is 9. The summed E-state index contributed by atoms with van der Waals surface area (Å²) in [6, 6.07) is 7.69. The second-order valence-electron chi connectivity index (χ2n) is 7.20. The van der Waals surface area contributed by atoms with Gasteiger partial charge in [-0.3, -0.25) is 9.10 Å². The largest absolute Gasteiger partial charge is 0.372 e. The third kappa shape index (κ3) is 6.13. The highest BCUT2D eigenvalue weighted by Crippen LogP contribution is 2.24. The number of hydrogen-bond acceptors (Lipinski definition) is 4. The monoisotopic (exact) mass is 395 g/mol. The Morgan fingerprint density at radius 3 is 2.22 bits per heavy atom. The molecule has 1 aliphatic rings. The van der Waals surface area contributed by atoms with Crippen LogP contribution in [0.5, 0.6) is 0 Å². The van der Waals surface area contributed by atoms with E-state index < -0.39 is 10.0 Å². The molecule has 1 aromatic rings. The van der Waals surface area contributed by atoms with E-state index in [0.717, 1.165) is 31.6 Å². The molecule has 1 aromatic carbocycles. The molecule has 0 bridgehead atoms. The number of carbonyl (C=O) groups is 1. The Labute approximate surface area is 164 Å². The lowest BCUT2D eigenvalue weighted by Gasteiger charge is -2.29. The third-order valence-corrected chi connectivity index (χ3v) is 6.42. The Morgan fingerprint density at radius 2 is 1.70 bits per heavy atom. The van der Waals surface area contributed by atoms with Crippen LogP contribution in [0.25, 0.3) is 0 Å². The fourth-order valence-electron chi connectivity index (χ4n) is 3.55. The quantitative estimate of drug-likeness (QED) is 0.698. The van der Waals surface area contributed by atoms with Crippen molar-refractivity contribution in [3.63, 3.8) is 0 Å². The Bertz CT molecular complexity index is 694. The summed E-state index contributed by atoms with van der Waals surface area (Å²) in [5, 5.41) is 2.87. The summed E-state index contributed by atoms with van der Waals surface area (Å²) in [6.45, 7) is 6.61. The lowest BCUT2D eigenvalue weighted by Crippen LogP contribution is -2.40. The molecular weight excluding hydrogens is 362 g/mol. The molecule has 152 valence electrons. The molecule has 0 unspecified atom stereocenters. The van der Waals surface area contributed by atoms with Gasteiger partial charge in [0.1, 0.15) is 0 Å². The van der Waals surface area contributed by atoms with Gasteiger partial charge < -0.3 is 10.2 Å². The molecule has 1 N–H and O–H groups in total. The smallest absolute Gasteiger partial charge is 0.232 e. The Morgan fingerprint density at radius 1 is 1.11 bits per heavy atom. The molecule has 0 radical (unpaired) electrons. The molecule has 1 saturated heterocycles. The van der Waals surface area contributed by atoms with Gasteiger partial charge in [-0.05, 0) is 56.4 Å². The number of anilines is 2. The third-order valence-electron chi connectivity index (χ3n) is 5.23. The Kier molecular flexibility index (Phi) is 7.95. The molecule has 1 heterocycles. The van der Waals surface area contributed by atoms with Crippen LogP contribution in [-0.4, -0.2) is 46.8 Å². The minimum atomic E-state index is -3.42. The minimum absolute atomic E-state index is 0.00565. The molecule has 27 heavy (non-hydrogen) atoms. The number of benzene rings is 1. The van der Waals surface area contributed by atoms with Crippen molar-refractivity contribution in [2.45, 2.75) is 46.0 Å². The molecule has 6 nitrogen and oxygen atoms in total. The first-order valence-electron chi connectivity index (χ1n) is 9.97. The summed E-state index contributed by atoms with van der Waals surface area (Å²) < 4.78 is 25.8. The molecular formula is C20H33N3O3S. The molecule has 0 saturated carbocycles. The van der Waals surface area contributed by atoms with Crippen LogP contribution in [-0.2, 0) is 14.8 Å². The molecule has 1 amide bonds. The summed E-state index contributed by atoms with van der Waals surface area (Å²) in [4.78, 5) is 14.4. The highest BCUT2D eigenvalue weighted by Gasteiger charge is 2.19. The number of nitrogens with one attached hydrogen (secondary N) is 1. The van der Waals surface area contributed by atoms with Gasteiger partial charge in [-0.1, -0.05) is 13.8 Å². The van der Waals surface area contributed by atoms with E-state index in [9.17, 15) is 13.2 Å². The Hall–Kier alpha value is -1.76. The first kappa shape index (κ1) is 21.5. The topological polar surface area (TPSA) is 69.7 Å². The lowest BCUT2D eigenvalue weighted by molar-refractivity contribution is -0.125. The van der Waals surface area contributed by atoms with Crippen molar-refractivity contribution in [2.75, 3.05) is 41.6 Å². The van der Waals surface area contributed by atoms with Gasteiger partial charge in [0, 0.05) is 31.2 Å². The average Bonchev–Trinajstić information content (AvgIpc) is 2.66. The summed E-state index contributed by atoms with van der Waals surface area (Å²) in [7, 11) is -3.42. The van der Waals surface area contributed by atoms with E-state index in [1.807, 2.05) is 38.1 Å². The standard InChI is InChI=1S/C20H33N3O3S/c1-4-17(5-2)20(24)21-13-16-23(27(3,25)26)19-11-9-18(10-12-19)22-14-7-6-8-15-22/h9-12,17H,4-8,13-16H2,1-3H3,(H,21,24). The fourth-order valence-corrected chi connectivity index (χ4v) is 4.48. The first-order valence-corrected chi connectivity index (χ1v) is 11.8. The number of sulfonamides is 1. The fraction of sp³-hybridized carbons (Fsp3) is 0.650. The predicted molar refractivity (Wildman–Crippen MR) is 112 cm³/mol. The maximum Gasteiger partial charge on any atom is 0.232 e. The number of piperidine rings is 1. The van der Waals surface area contributed by atoms with Crippen molar-refractivity contribution in [3.8, 4) is 0 Å². The van der Waals surface area contributed by atoms with Gasteiger partial charge >= 0.3 is 0 Å². The van der Waals surface area contributed by atoms with Crippen LogP contribution in [0.4, 0.5) is 11.4 Å². The van der Waals surface area contributed by atoms with Crippen molar-refractivity contribution in [1.29, 1.82) is 0 Å². The van der Waals surface area contributed by atoms with Crippen LogP contribution < -0.4 is 14.5 Å². The predicted octanol–water partition coefficient (Wildman–Crippen LogP) is 3.00. The van der Waals surface area contributed by atoms with Gasteiger partial charge in [-0.15, -0.1) is 0 Å². The van der Waals surface area contributed by atoms with Gasteiger partial charge in [-0.2, -0.15) is 0 Å². The van der Waals surface area contributed by atoms with Gasteiger partial charge in [-0.25, -0.2) is 8.42 Å². The van der Waals surface area contributed by atoms with Crippen LogP contribution >= 0.6 is 0 Å². The molecule has 7 heteroatoms. The molecule has 2 rings (SSSR count). The van der Waals surface area contributed by atoms with Crippen LogP contribution in [0.2, 0.25) is 0 Å². The van der Waals surface area contributed by atoms with E-state index in [4.69, 9.17) is 0 Å². The summed E-state index contributed by atoms with van der Waals surface area (Å²) in [5.41, 5.74) is 1.77. The van der Waals surface area contributed by atoms with Crippen molar-refractivity contribution in [3.05, 3.63) is 24.3 Å². The van der Waals surface area contributed by atoms with Gasteiger partial charge in [0.25, 0.3) is 0 Å². The maximum absolute atomic E-state index is 12.2. The van der Waals surface area contributed by atoms with Gasteiger partial charge in [0.05, 0.1) is 18.5 Å². The number of nitrogens with zero attached hydrogens (tertiary/aromatic N) is 2. The number of carbonyl (C=O) groups excluding carboxylic acids is 1. The molecule has 0 atom stereocenters. The zero-order chi connectivity index (χ0) is 19.9. The Balaban J connectivity index is 2.02. The minimum Gasteiger partial charge on any atom is -0.372 e. The zero-order valence-corrected chi connectivity index (χ0v) is 17.6. The van der Waals surface area contributed by atoms with E-state index in [2.05, 4.69) is 10.2 Å². The second-order valence-corrected chi connectivity index (χ2v) is 9.11. The SMILES string of the molecule is CCC(CC)C(=O)NCCN(c1ccc(N2CCCCC2)cc1)S(C)(=O)=O. The normalized spacial score (nSPS) is 15.0. The van der Waals surface area contributed by atoms with E-state index in [0.29, 0.717) is 12.2 Å². The highest BCUT2D eigenvalue weighted by molar-refractivity contribution is 7.92. The maximum atomic E-state index is 12.2. The summed E-state index contributed by atoms with van der Waals surface area (Å²) in [5.74, 6) is -0.0191. The van der Waals surface area contributed by atoms with E-state index in [-0.39, 0.29) is 18.4 Å². The summed E-state index contributed by atoms with van der Waals surface area (Å²) >= 11 is 0. The number of amides is 1. The van der Waals surface area contributed by atoms with E-state index >= 15 is 0 Å². The molecule has 0 aliphatic carbocycles. The van der Waals surface area contributed by atoms with Crippen LogP contribution in [0.1, 0.15) is 46.0 Å². The van der Waals surface area contributed by atoms with Gasteiger partial charge in [0.2, 0.25) is 15.9 Å². The van der Waals surface area contributed by atoms with E-state index in [1.165, 1.54) is 29.8 Å². The van der Waals surface area contributed by atoms with Gasteiger partial charge in [0.15, 0.2) is 0 Å². The van der Waals surface area contributed by atoms with Crippen LogP contribution in [0, 0.1) is 5.92 Å². The molecule has 1 aliphatic heterocycles. The zero-order valence-electron chi connectivity index (χ0n) is 16.8. The molecule has 0 aromatic heterocycles. The molecule has 1 fully saturated rings. The van der Waals surface area contributed by atoms with Crippen molar-refractivity contribution < 1.29 is 13.2 Å². The second kappa shape index (κ2) is 9.97. The summed E-state index contributed by atoms with van der Waals surface area (Å²) in [6.07, 6.45) is 6.46. The van der Waals surface area contributed by atoms with Crippen molar-refractivity contribution >= 4 is 27.3 Å².